The van der Waals surface area contributed by atoms with E-state index in [0.717, 1.165) is 5.56 Å². The quantitative estimate of drug-likeness (QED) is 0.773. The summed E-state index contributed by atoms with van der Waals surface area (Å²) in [5.74, 6) is 0.000893. The van der Waals surface area contributed by atoms with Crippen molar-refractivity contribution < 1.29 is 14.3 Å². The van der Waals surface area contributed by atoms with E-state index in [-0.39, 0.29) is 0 Å². The first-order chi connectivity index (χ1) is 9.22. The third kappa shape index (κ3) is 3.13. The molecule has 0 amide bonds. The molecule has 0 fully saturated rings. The molecule has 0 unspecified atom stereocenters. The number of benzene rings is 1. The fraction of sp³-hybridized carbons (Fsp3) is 0.286. The highest BCUT2D eigenvalue weighted by Gasteiger charge is 2.18. The van der Waals surface area contributed by atoms with Crippen LogP contribution in [0.4, 0.5) is 0 Å². The molecule has 0 saturated carbocycles. The van der Waals surface area contributed by atoms with Gasteiger partial charge in [-0.25, -0.2) is 9.48 Å². The molecular formula is C14H16N2O3. The summed E-state index contributed by atoms with van der Waals surface area (Å²) in [6, 6.07) is 9.74. The van der Waals surface area contributed by atoms with E-state index in [9.17, 15) is 4.79 Å². The number of nitrogens with zero attached hydrogens (tertiary/aromatic N) is 2. The second kappa shape index (κ2) is 6.04. The molecule has 1 aromatic carbocycles. The van der Waals surface area contributed by atoms with Crippen molar-refractivity contribution in [3.8, 4) is 5.88 Å². The summed E-state index contributed by atoms with van der Waals surface area (Å²) < 4.78 is 12.1. The van der Waals surface area contributed by atoms with Gasteiger partial charge in [0, 0.05) is 7.05 Å². The molecule has 0 aliphatic carbocycles. The first-order valence-corrected chi connectivity index (χ1v) is 6.08. The van der Waals surface area contributed by atoms with Gasteiger partial charge in [-0.2, -0.15) is 5.10 Å². The summed E-state index contributed by atoms with van der Waals surface area (Å²) in [6.07, 6.45) is 1.46. The van der Waals surface area contributed by atoms with Crippen molar-refractivity contribution in [1.82, 2.24) is 9.78 Å². The standard InChI is InChI=1S/C14H16N2O3/c1-3-18-14(17)12-9-15-16(2)13(12)19-10-11-7-5-4-6-8-11/h4-9H,3,10H2,1-2H3. The Hall–Kier alpha value is -2.30. The van der Waals surface area contributed by atoms with Crippen LogP contribution in [0.15, 0.2) is 36.5 Å². The molecular weight excluding hydrogens is 244 g/mol. The lowest BCUT2D eigenvalue weighted by Gasteiger charge is -2.08. The average molecular weight is 260 g/mol. The SMILES string of the molecule is CCOC(=O)c1cnn(C)c1OCc1ccccc1. The highest BCUT2D eigenvalue weighted by molar-refractivity contribution is 5.91. The van der Waals surface area contributed by atoms with Gasteiger partial charge < -0.3 is 9.47 Å². The van der Waals surface area contributed by atoms with E-state index in [0.29, 0.717) is 24.7 Å². The van der Waals surface area contributed by atoms with Crippen molar-refractivity contribution in [2.75, 3.05) is 6.61 Å². The monoisotopic (exact) mass is 260 g/mol. The van der Waals surface area contributed by atoms with E-state index in [2.05, 4.69) is 5.10 Å². The van der Waals surface area contributed by atoms with Gasteiger partial charge in [-0.15, -0.1) is 0 Å². The van der Waals surface area contributed by atoms with Crippen LogP contribution in [0.5, 0.6) is 5.88 Å². The van der Waals surface area contributed by atoms with Gasteiger partial charge in [0.05, 0.1) is 12.8 Å². The van der Waals surface area contributed by atoms with Crippen molar-refractivity contribution in [2.24, 2.45) is 7.05 Å². The van der Waals surface area contributed by atoms with Crippen LogP contribution in [0.3, 0.4) is 0 Å². The van der Waals surface area contributed by atoms with Crippen molar-refractivity contribution >= 4 is 5.97 Å². The topological polar surface area (TPSA) is 53.3 Å². The average Bonchev–Trinajstić information content (AvgIpc) is 2.79. The molecule has 2 aromatic rings. The minimum Gasteiger partial charge on any atom is -0.472 e. The number of carbonyl (C=O) groups is 1. The van der Waals surface area contributed by atoms with Gasteiger partial charge in [0.15, 0.2) is 0 Å². The lowest BCUT2D eigenvalue weighted by molar-refractivity contribution is 0.0520. The summed E-state index contributed by atoms with van der Waals surface area (Å²) in [7, 11) is 1.73. The highest BCUT2D eigenvalue weighted by atomic mass is 16.5. The van der Waals surface area contributed by atoms with E-state index in [1.165, 1.54) is 10.9 Å². The third-order valence-corrected chi connectivity index (χ3v) is 2.60. The molecule has 100 valence electrons. The van der Waals surface area contributed by atoms with Crippen LogP contribution in [-0.2, 0) is 18.4 Å². The number of esters is 1. The lowest BCUT2D eigenvalue weighted by atomic mass is 10.2. The molecule has 1 aromatic heterocycles. The fourth-order valence-electron chi connectivity index (χ4n) is 1.67. The molecule has 0 N–H and O–H groups in total. The number of aromatic nitrogens is 2. The maximum atomic E-state index is 11.7. The van der Waals surface area contributed by atoms with Gasteiger partial charge in [0.2, 0.25) is 5.88 Å². The second-order valence-electron chi connectivity index (χ2n) is 3.98. The van der Waals surface area contributed by atoms with Crippen molar-refractivity contribution in [2.45, 2.75) is 13.5 Å². The minimum absolute atomic E-state index is 0.325. The van der Waals surface area contributed by atoms with Gasteiger partial charge >= 0.3 is 5.97 Å². The predicted octanol–water partition coefficient (Wildman–Crippen LogP) is 2.18. The number of hydrogen-bond acceptors (Lipinski definition) is 4. The molecule has 0 radical (unpaired) electrons. The number of aryl methyl sites for hydroxylation is 1. The molecule has 5 nitrogen and oxygen atoms in total. The Labute approximate surface area is 111 Å². The van der Waals surface area contributed by atoms with Crippen molar-refractivity contribution in [3.05, 3.63) is 47.7 Å². The first-order valence-electron chi connectivity index (χ1n) is 6.08. The number of hydrogen-bond donors (Lipinski definition) is 0. The van der Waals surface area contributed by atoms with E-state index in [1.54, 1.807) is 14.0 Å². The van der Waals surface area contributed by atoms with Gasteiger partial charge in [-0.1, -0.05) is 30.3 Å². The second-order valence-corrected chi connectivity index (χ2v) is 3.98. The van der Waals surface area contributed by atoms with Crippen molar-refractivity contribution in [1.29, 1.82) is 0 Å². The fourth-order valence-corrected chi connectivity index (χ4v) is 1.67. The molecule has 0 aliphatic heterocycles. The zero-order valence-corrected chi connectivity index (χ0v) is 11.0. The molecule has 5 heteroatoms. The molecule has 19 heavy (non-hydrogen) atoms. The highest BCUT2D eigenvalue weighted by Crippen LogP contribution is 2.19. The zero-order valence-electron chi connectivity index (χ0n) is 11.0. The van der Waals surface area contributed by atoms with Gasteiger partial charge in [0.1, 0.15) is 12.2 Å². The molecule has 0 bridgehead atoms. The molecule has 0 saturated heterocycles. The number of ether oxygens (including phenoxy) is 2. The van der Waals surface area contributed by atoms with Gasteiger partial charge in [0.25, 0.3) is 0 Å². The van der Waals surface area contributed by atoms with E-state index >= 15 is 0 Å². The first kappa shape index (κ1) is 13.1. The van der Waals surface area contributed by atoms with Crippen LogP contribution in [0.2, 0.25) is 0 Å². The summed E-state index contributed by atoms with van der Waals surface area (Å²) in [6.45, 7) is 2.47. The van der Waals surface area contributed by atoms with Crippen LogP contribution in [0.1, 0.15) is 22.8 Å². The van der Waals surface area contributed by atoms with Crippen LogP contribution >= 0.6 is 0 Å². The predicted molar refractivity (Wildman–Crippen MR) is 69.9 cm³/mol. The van der Waals surface area contributed by atoms with E-state index < -0.39 is 5.97 Å². The normalized spacial score (nSPS) is 10.2. The Morgan fingerprint density at radius 1 is 1.32 bits per heavy atom. The van der Waals surface area contributed by atoms with Crippen LogP contribution in [0.25, 0.3) is 0 Å². The van der Waals surface area contributed by atoms with Crippen LogP contribution in [-0.4, -0.2) is 22.4 Å². The van der Waals surface area contributed by atoms with Crippen molar-refractivity contribution in [3.63, 3.8) is 0 Å². The Morgan fingerprint density at radius 2 is 2.05 bits per heavy atom. The Kier molecular flexibility index (Phi) is 4.18. The van der Waals surface area contributed by atoms with Crippen LogP contribution in [0, 0.1) is 0 Å². The number of carbonyl (C=O) groups excluding carboxylic acids is 1. The molecule has 0 atom stereocenters. The van der Waals surface area contributed by atoms with Gasteiger partial charge in [-0.05, 0) is 12.5 Å². The summed E-state index contributed by atoms with van der Waals surface area (Å²) in [5.41, 5.74) is 1.37. The lowest BCUT2D eigenvalue weighted by Crippen LogP contribution is -2.08. The number of rotatable bonds is 5. The Morgan fingerprint density at radius 3 is 2.74 bits per heavy atom. The smallest absolute Gasteiger partial charge is 0.345 e. The largest absolute Gasteiger partial charge is 0.472 e. The van der Waals surface area contributed by atoms with E-state index in [4.69, 9.17) is 9.47 Å². The molecule has 2 rings (SSSR count). The van der Waals surface area contributed by atoms with Crippen LogP contribution < -0.4 is 4.74 Å². The minimum atomic E-state index is -0.418. The molecule has 0 spiro atoms. The Balaban J connectivity index is 2.11. The summed E-state index contributed by atoms with van der Waals surface area (Å²) in [5, 5.41) is 4.02. The molecule has 1 heterocycles. The zero-order chi connectivity index (χ0) is 13.7. The third-order valence-electron chi connectivity index (χ3n) is 2.60. The molecule has 0 aliphatic rings. The maximum absolute atomic E-state index is 11.7. The Bertz CT molecular complexity index is 549. The summed E-state index contributed by atoms with van der Waals surface area (Å²) in [4.78, 5) is 11.7. The maximum Gasteiger partial charge on any atom is 0.345 e. The van der Waals surface area contributed by atoms with E-state index in [1.807, 2.05) is 30.3 Å². The van der Waals surface area contributed by atoms with Gasteiger partial charge in [-0.3, -0.25) is 0 Å². The summed E-state index contributed by atoms with van der Waals surface area (Å²) >= 11 is 0.